The van der Waals surface area contributed by atoms with Crippen molar-refractivity contribution in [1.29, 1.82) is 0 Å². The maximum Gasteiger partial charge on any atom is 0.328 e. The van der Waals surface area contributed by atoms with Crippen molar-refractivity contribution in [2.75, 3.05) is 7.11 Å². The lowest BCUT2D eigenvalue weighted by molar-refractivity contribution is -0.154. The first-order valence-corrected chi connectivity index (χ1v) is 14.0. The fourth-order valence-corrected chi connectivity index (χ4v) is 5.51. The van der Waals surface area contributed by atoms with Gasteiger partial charge in [-0.1, -0.05) is 50.6 Å². The van der Waals surface area contributed by atoms with Crippen LogP contribution in [0.5, 0.6) is 11.5 Å². The average molecular weight is 539 g/mol. The molecule has 212 valence electrons. The van der Waals surface area contributed by atoms with Crippen molar-refractivity contribution >= 4 is 17.8 Å². The molecule has 1 aliphatic rings. The van der Waals surface area contributed by atoms with Crippen molar-refractivity contribution < 1.29 is 28.6 Å². The Balaban J connectivity index is 1.74. The summed E-state index contributed by atoms with van der Waals surface area (Å²) >= 11 is 0. The van der Waals surface area contributed by atoms with Crippen molar-refractivity contribution in [3.8, 4) is 11.5 Å². The summed E-state index contributed by atoms with van der Waals surface area (Å²) < 4.78 is 16.4. The maximum absolute atomic E-state index is 13.3. The standard InChI is InChI=1S/C31H42N2O6/c1-20(2)19-25-21(3)38-31(36)26(16-10-15-24(25)14-9-13-23-11-7-6-8-12-23)33-30(35)28-29(39-22(4)34)27(37-5)17-18-32-28/h6-8,11-12,17-18,20-21,24-26H,9-10,13-16,19H2,1-5H3,(H,33,35). The largest absolute Gasteiger partial charge is 0.493 e. The molecule has 8 heteroatoms. The van der Waals surface area contributed by atoms with Gasteiger partial charge in [-0.15, -0.1) is 0 Å². The van der Waals surface area contributed by atoms with E-state index in [1.807, 2.05) is 13.0 Å². The minimum Gasteiger partial charge on any atom is -0.493 e. The molecule has 2 heterocycles. The van der Waals surface area contributed by atoms with Gasteiger partial charge >= 0.3 is 11.9 Å². The van der Waals surface area contributed by atoms with Crippen molar-refractivity contribution in [3.63, 3.8) is 0 Å². The first-order valence-electron chi connectivity index (χ1n) is 14.0. The van der Waals surface area contributed by atoms with Crippen LogP contribution >= 0.6 is 0 Å². The van der Waals surface area contributed by atoms with E-state index in [9.17, 15) is 14.4 Å². The van der Waals surface area contributed by atoms with Crippen LogP contribution in [0.3, 0.4) is 0 Å². The van der Waals surface area contributed by atoms with Gasteiger partial charge in [-0.2, -0.15) is 0 Å². The summed E-state index contributed by atoms with van der Waals surface area (Å²) in [7, 11) is 1.41. The fraction of sp³-hybridized carbons (Fsp3) is 0.548. The number of methoxy groups -OCH3 is 1. The summed E-state index contributed by atoms with van der Waals surface area (Å²) in [4.78, 5) is 42.2. The minimum absolute atomic E-state index is 0.0784. The highest BCUT2D eigenvalue weighted by Crippen LogP contribution is 2.35. The molecular weight excluding hydrogens is 496 g/mol. The molecule has 1 N–H and O–H groups in total. The number of nitrogens with one attached hydrogen (secondary N) is 1. The molecule has 1 saturated heterocycles. The summed E-state index contributed by atoms with van der Waals surface area (Å²) in [5, 5.41) is 2.78. The highest BCUT2D eigenvalue weighted by molar-refractivity contribution is 5.98. The number of pyridine rings is 1. The van der Waals surface area contributed by atoms with E-state index in [2.05, 4.69) is 48.4 Å². The smallest absolute Gasteiger partial charge is 0.328 e. The maximum atomic E-state index is 13.3. The summed E-state index contributed by atoms with van der Waals surface area (Å²) in [6, 6.07) is 11.2. The predicted molar refractivity (Wildman–Crippen MR) is 149 cm³/mol. The SMILES string of the molecule is COc1ccnc(C(=O)NC2CCCC(CCCc3ccccc3)C(CC(C)C)C(C)OC2=O)c1OC(C)=O. The van der Waals surface area contributed by atoms with Crippen LogP contribution in [0.2, 0.25) is 0 Å². The number of rotatable bonds is 10. The number of amides is 1. The van der Waals surface area contributed by atoms with Gasteiger partial charge in [0.1, 0.15) is 12.1 Å². The first-order chi connectivity index (χ1) is 18.7. The lowest BCUT2D eigenvalue weighted by Crippen LogP contribution is -2.43. The molecule has 1 aromatic heterocycles. The van der Waals surface area contributed by atoms with Gasteiger partial charge in [0.15, 0.2) is 11.4 Å². The van der Waals surface area contributed by atoms with Gasteiger partial charge in [0.2, 0.25) is 5.75 Å². The molecule has 4 atom stereocenters. The van der Waals surface area contributed by atoms with Gasteiger partial charge in [-0.25, -0.2) is 9.78 Å². The second-order valence-electron chi connectivity index (χ2n) is 10.8. The molecule has 1 fully saturated rings. The van der Waals surface area contributed by atoms with Crippen LogP contribution in [0.25, 0.3) is 0 Å². The molecule has 2 aromatic rings. The lowest BCUT2D eigenvalue weighted by Gasteiger charge is -2.32. The minimum atomic E-state index is -0.833. The van der Waals surface area contributed by atoms with Gasteiger partial charge in [-0.3, -0.25) is 9.59 Å². The van der Waals surface area contributed by atoms with Crippen molar-refractivity contribution in [1.82, 2.24) is 10.3 Å². The Bertz CT molecular complexity index is 1100. The molecule has 1 aliphatic heterocycles. The monoisotopic (exact) mass is 538 g/mol. The number of aryl methyl sites for hydroxylation is 1. The summed E-state index contributed by atoms with van der Waals surface area (Å²) in [6.07, 6.45) is 7.43. The summed E-state index contributed by atoms with van der Waals surface area (Å²) in [6.45, 7) is 7.61. The van der Waals surface area contributed by atoms with Gasteiger partial charge in [0.05, 0.1) is 7.11 Å². The Morgan fingerprint density at radius 3 is 2.56 bits per heavy atom. The third-order valence-electron chi connectivity index (χ3n) is 7.34. The number of carbonyl (C=O) groups excluding carboxylic acids is 3. The highest BCUT2D eigenvalue weighted by atomic mass is 16.6. The first kappa shape index (κ1) is 30.1. The molecule has 8 nitrogen and oxygen atoms in total. The Morgan fingerprint density at radius 1 is 1.15 bits per heavy atom. The quantitative estimate of drug-likeness (QED) is 0.397. The fourth-order valence-electron chi connectivity index (χ4n) is 5.51. The van der Waals surface area contributed by atoms with E-state index in [1.165, 1.54) is 31.9 Å². The number of esters is 2. The second-order valence-corrected chi connectivity index (χ2v) is 10.8. The molecule has 0 saturated carbocycles. The van der Waals surface area contributed by atoms with E-state index in [4.69, 9.17) is 14.2 Å². The average Bonchev–Trinajstić information content (AvgIpc) is 2.94. The lowest BCUT2D eigenvalue weighted by atomic mass is 9.77. The van der Waals surface area contributed by atoms with Gasteiger partial charge < -0.3 is 19.5 Å². The van der Waals surface area contributed by atoms with E-state index < -0.39 is 23.9 Å². The zero-order chi connectivity index (χ0) is 28.4. The predicted octanol–water partition coefficient (Wildman–Crippen LogP) is 5.53. The van der Waals surface area contributed by atoms with Gasteiger partial charge in [-0.05, 0) is 68.8 Å². The molecule has 0 bridgehead atoms. The molecule has 0 radical (unpaired) electrons. The second kappa shape index (κ2) is 14.7. The highest BCUT2D eigenvalue weighted by Gasteiger charge is 2.35. The van der Waals surface area contributed by atoms with E-state index in [1.54, 1.807) is 0 Å². The van der Waals surface area contributed by atoms with Crippen LogP contribution in [-0.4, -0.2) is 42.1 Å². The van der Waals surface area contributed by atoms with E-state index in [0.717, 1.165) is 38.5 Å². The van der Waals surface area contributed by atoms with Crippen molar-refractivity contribution in [3.05, 3.63) is 53.9 Å². The van der Waals surface area contributed by atoms with Crippen LogP contribution in [0.4, 0.5) is 0 Å². The third-order valence-corrected chi connectivity index (χ3v) is 7.34. The molecular formula is C31H42N2O6. The number of nitrogens with zero attached hydrogens (tertiary/aromatic N) is 1. The number of benzene rings is 1. The number of hydrogen-bond acceptors (Lipinski definition) is 7. The van der Waals surface area contributed by atoms with Crippen LogP contribution < -0.4 is 14.8 Å². The zero-order valence-corrected chi connectivity index (χ0v) is 23.8. The molecule has 3 rings (SSSR count). The number of hydrogen-bond donors (Lipinski definition) is 1. The van der Waals surface area contributed by atoms with E-state index in [0.29, 0.717) is 18.3 Å². The Labute approximate surface area is 231 Å². The molecule has 4 unspecified atom stereocenters. The normalized spacial score (nSPS) is 21.7. The number of ether oxygens (including phenoxy) is 3. The van der Waals surface area contributed by atoms with Gasteiger partial charge in [0.25, 0.3) is 5.91 Å². The van der Waals surface area contributed by atoms with Crippen molar-refractivity contribution in [2.24, 2.45) is 17.8 Å². The molecule has 1 aromatic carbocycles. The van der Waals surface area contributed by atoms with Crippen LogP contribution in [0.15, 0.2) is 42.6 Å². The third kappa shape index (κ3) is 8.80. The summed E-state index contributed by atoms with van der Waals surface area (Å²) in [5.41, 5.74) is 1.21. The van der Waals surface area contributed by atoms with Crippen LogP contribution in [0.1, 0.15) is 82.3 Å². The zero-order valence-electron chi connectivity index (χ0n) is 23.8. The number of carbonyl (C=O) groups is 3. The van der Waals surface area contributed by atoms with Crippen LogP contribution in [0, 0.1) is 17.8 Å². The van der Waals surface area contributed by atoms with Crippen LogP contribution in [-0.2, 0) is 20.7 Å². The molecule has 0 spiro atoms. The Hall–Kier alpha value is -3.42. The molecule has 39 heavy (non-hydrogen) atoms. The molecule has 0 aliphatic carbocycles. The topological polar surface area (TPSA) is 104 Å². The van der Waals surface area contributed by atoms with Crippen molar-refractivity contribution in [2.45, 2.75) is 84.8 Å². The van der Waals surface area contributed by atoms with Gasteiger partial charge in [0, 0.05) is 19.2 Å². The molecule has 1 amide bonds. The van der Waals surface area contributed by atoms with E-state index in [-0.39, 0.29) is 29.2 Å². The number of cyclic esters (lactones) is 1. The Kier molecular flexibility index (Phi) is 11.3. The summed E-state index contributed by atoms with van der Waals surface area (Å²) in [5.74, 6) is -0.429. The Morgan fingerprint density at radius 2 is 1.90 bits per heavy atom. The van der Waals surface area contributed by atoms with E-state index >= 15 is 0 Å². The number of aromatic nitrogens is 1.